The first-order chi connectivity index (χ1) is 8.08. The maximum Gasteiger partial charge on any atom is 0.268 e. The number of aromatic amines is 1. The summed E-state index contributed by atoms with van der Waals surface area (Å²) >= 11 is 7.19. The zero-order chi connectivity index (χ0) is 12.4. The first kappa shape index (κ1) is 12.1. The quantitative estimate of drug-likeness (QED) is 0.896. The zero-order valence-electron chi connectivity index (χ0n) is 9.45. The number of aromatic nitrogens is 2. The molecule has 0 aliphatic carbocycles. The molecule has 0 aliphatic rings. The smallest absolute Gasteiger partial charge is 0.268 e. The number of H-pyrrole nitrogens is 1. The van der Waals surface area contributed by atoms with Crippen molar-refractivity contribution in [3.8, 4) is 0 Å². The summed E-state index contributed by atoms with van der Waals surface area (Å²) in [5.41, 5.74) is 0.984. The normalized spacial score (nSPS) is 10.8. The molecule has 2 heterocycles. The molecule has 0 atom stereocenters. The van der Waals surface area contributed by atoms with Gasteiger partial charge in [-0.1, -0.05) is 25.4 Å². The third-order valence-electron chi connectivity index (χ3n) is 2.28. The maximum atomic E-state index is 11.8. The van der Waals surface area contributed by atoms with E-state index in [1.165, 1.54) is 11.3 Å². The second-order valence-corrected chi connectivity index (χ2v) is 5.24. The van der Waals surface area contributed by atoms with Crippen molar-refractivity contribution in [2.75, 3.05) is 5.32 Å². The molecule has 0 spiro atoms. The summed E-state index contributed by atoms with van der Waals surface area (Å²) < 4.78 is 0. The van der Waals surface area contributed by atoms with E-state index >= 15 is 0 Å². The molecule has 2 N–H and O–H groups in total. The molecule has 0 saturated carbocycles. The summed E-state index contributed by atoms with van der Waals surface area (Å²) in [5.74, 6) is 0.633. The Morgan fingerprint density at radius 2 is 2.35 bits per heavy atom. The van der Waals surface area contributed by atoms with Crippen LogP contribution in [0.4, 0.5) is 5.82 Å². The fourth-order valence-corrected chi connectivity index (χ4v) is 2.36. The predicted molar refractivity (Wildman–Crippen MR) is 70.0 cm³/mol. The SMILES string of the molecule is CC(C)c1cc(NC(=O)c2sccc2Cl)n[nH]1. The van der Waals surface area contributed by atoms with Crippen molar-refractivity contribution in [1.29, 1.82) is 0 Å². The molecular formula is C11H12ClN3OS. The van der Waals surface area contributed by atoms with Crippen molar-refractivity contribution in [3.63, 3.8) is 0 Å². The molecule has 0 aromatic carbocycles. The van der Waals surface area contributed by atoms with E-state index in [-0.39, 0.29) is 5.91 Å². The number of nitrogens with one attached hydrogen (secondary N) is 2. The van der Waals surface area contributed by atoms with Gasteiger partial charge in [0.25, 0.3) is 5.91 Å². The Morgan fingerprint density at radius 1 is 1.59 bits per heavy atom. The highest BCUT2D eigenvalue weighted by atomic mass is 35.5. The molecule has 0 bridgehead atoms. The van der Waals surface area contributed by atoms with E-state index in [1.54, 1.807) is 11.4 Å². The van der Waals surface area contributed by atoms with E-state index in [9.17, 15) is 4.79 Å². The number of rotatable bonds is 3. The predicted octanol–water partition coefficient (Wildman–Crippen LogP) is 3.50. The second kappa shape index (κ2) is 4.89. The van der Waals surface area contributed by atoms with Gasteiger partial charge in [-0.05, 0) is 17.4 Å². The first-order valence-electron chi connectivity index (χ1n) is 5.17. The molecule has 0 radical (unpaired) electrons. The molecular weight excluding hydrogens is 258 g/mol. The summed E-state index contributed by atoms with van der Waals surface area (Å²) in [7, 11) is 0. The minimum absolute atomic E-state index is 0.230. The Kier molecular flexibility index (Phi) is 3.49. The van der Waals surface area contributed by atoms with Crippen LogP contribution < -0.4 is 5.32 Å². The molecule has 0 aliphatic heterocycles. The molecule has 0 saturated heterocycles. The summed E-state index contributed by atoms with van der Waals surface area (Å²) in [4.78, 5) is 12.3. The highest BCUT2D eigenvalue weighted by Crippen LogP contribution is 2.23. The molecule has 1 amide bonds. The number of halogens is 1. The van der Waals surface area contributed by atoms with Gasteiger partial charge in [0.1, 0.15) is 4.88 Å². The van der Waals surface area contributed by atoms with E-state index in [4.69, 9.17) is 11.6 Å². The van der Waals surface area contributed by atoms with Crippen molar-refractivity contribution < 1.29 is 4.79 Å². The highest BCUT2D eigenvalue weighted by Gasteiger charge is 2.13. The monoisotopic (exact) mass is 269 g/mol. The summed E-state index contributed by atoms with van der Waals surface area (Å²) in [5, 5.41) is 11.8. The molecule has 0 fully saturated rings. The number of carbonyl (C=O) groups is 1. The van der Waals surface area contributed by atoms with Crippen LogP contribution in [0.2, 0.25) is 5.02 Å². The van der Waals surface area contributed by atoms with Crippen molar-refractivity contribution in [2.24, 2.45) is 0 Å². The lowest BCUT2D eigenvalue weighted by atomic mass is 10.1. The van der Waals surface area contributed by atoms with Gasteiger partial charge in [-0.25, -0.2) is 0 Å². The Hall–Kier alpha value is -1.33. The first-order valence-corrected chi connectivity index (χ1v) is 6.43. The number of carbonyl (C=O) groups excluding carboxylic acids is 1. The number of hydrogen-bond donors (Lipinski definition) is 2. The second-order valence-electron chi connectivity index (χ2n) is 3.92. The molecule has 17 heavy (non-hydrogen) atoms. The van der Waals surface area contributed by atoms with Gasteiger partial charge in [0.15, 0.2) is 5.82 Å². The van der Waals surface area contributed by atoms with Crippen LogP contribution >= 0.6 is 22.9 Å². The Balaban J connectivity index is 2.11. The summed E-state index contributed by atoms with van der Waals surface area (Å²) in [6.07, 6.45) is 0. The zero-order valence-corrected chi connectivity index (χ0v) is 11.0. The molecule has 2 rings (SSSR count). The fourth-order valence-electron chi connectivity index (χ4n) is 1.33. The number of nitrogens with zero attached hydrogens (tertiary/aromatic N) is 1. The lowest BCUT2D eigenvalue weighted by Gasteiger charge is -1.99. The van der Waals surface area contributed by atoms with E-state index in [0.717, 1.165) is 5.69 Å². The third kappa shape index (κ3) is 2.68. The van der Waals surface area contributed by atoms with Crippen LogP contribution in [0.25, 0.3) is 0 Å². The summed E-state index contributed by atoms with van der Waals surface area (Å²) in [6.45, 7) is 4.10. The van der Waals surface area contributed by atoms with Gasteiger partial charge < -0.3 is 5.32 Å². The lowest BCUT2D eigenvalue weighted by Crippen LogP contribution is -2.10. The molecule has 90 valence electrons. The third-order valence-corrected chi connectivity index (χ3v) is 3.62. The van der Waals surface area contributed by atoms with Crippen LogP contribution in [0, 0.1) is 0 Å². The van der Waals surface area contributed by atoms with Gasteiger partial charge in [0.2, 0.25) is 0 Å². The number of hydrogen-bond acceptors (Lipinski definition) is 3. The highest BCUT2D eigenvalue weighted by molar-refractivity contribution is 7.12. The topological polar surface area (TPSA) is 57.8 Å². The van der Waals surface area contributed by atoms with Crippen LogP contribution in [0.15, 0.2) is 17.5 Å². The minimum Gasteiger partial charge on any atom is -0.304 e. The largest absolute Gasteiger partial charge is 0.304 e. The van der Waals surface area contributed by atoms with Gasteiger partial charge in [-0.2, -0.15) is 5.10 Å². The molecule has 2 aromatic rings. The number of anilines is 1. The maximum absolute atomic E-state index is 11.8. The molecule has 0 unspecified atom stereocenters. The van der Waals surface area contributed by atoms with Gasteiger partial charge in [-0.3, -0.25) is 9.89 Å². The van der Waals surface area contributed by atoms with Gasteiger partial charge >= 0.3 is 0 Å². The van der Waals surface area contributed by atoms with Gasteiger partial charge in [0, 0.05) is 11.8 Å². The summed E-state index contributed by atoms with van der Waals surface area (Å²) in [6, 6.07) is 3.52. The lowest BCUT2D eigenvalue weighted by molar-refractivity contribution is 0.103. The number of thiophene rings is 1. The van der Waals surface area contributed by atoms with Crippen LogP contribution in [-0.4, -0.2) is 16.1 Å². The van der Waals surface area contributed by atoms with Gasteiger partial charge in [-0.15, -0.1) is 11.3 Å². The Morgan fingerprint density at radius 3 is 2.88 bits per heavy atom. The van der Waals surface area contributed by atoms with Crippen LogP contribution in [0.3, 0.4) is 0 Å². The number of amides is 1. The van der Waals surface area contributed by atoms with Crippen LogP contribution in [0.1, 0.15) is 35.1 Å². The molecule has 4 nitrogen and oxygen atoms in total. The van der Waals surface area contributed by atoms with Gasteiger partial charge in [0.05, 0.1) is 5.02 Å². The van der Waals surface area contributed by atoms with E-state index < -0.39 is 0 Å². The van der Waals surface area contributed by atoms with Crippen LogP contribution in [0.5, 0.6) is 0 Å². The Bertz CT molecular complexity index is 532. The average Bonchev–Trinajstić information content (AvgIpc) is 2.86. The fraction of sp³-hybridized carbons (Fsp3) is 0.273. The Labute approximate surface area is 108 Å². The van der Waals surface area contributed by atoms with E-state index in [1.807, 2.05) is 6.07 Å². The van der Waals surface area contributed by atoms with Crippen molar-refractivity contribution >= 4 is 34.7 Å². The standard InChI is InChI=1S/C11H12ClN3OS/c1-6(2)8-5-9(15-14-8)13-11(16)10-7(12)3-4-17-10/h3-6H,1-2H3,(H2,13,14,15,16). The molecule has 2 aromatic heterocycles. The minimum atomic E-state index is -0.230. The van der Waals surface area contributed by atoms with E-state index in [0.29, 0.717) is 21.6 Å². The average molecular weight is 270 g/mol. The van der Waals surface area contributed by atoms with Crippen molar-refractivity contribution in [3.05, 3.63) is 33.1 Å². The van der Waals surface area contributed by atoms with Crippen molar-refractivity contribution in [1.82, 2.24) is 10.2 Å². The van der Waals surface area contributed by atoms with Crippen LogP contribution in [-0.2, 0) is 0 Å². The van der Waals surface area contributed by atoms with Crippen molar-refractivity contribution in [2.45, 2.75) is 19.8 Å². The molecule has 6 heteroatoms. The van der Waals surface area contributed by atoms with E-state index in [2.05, 4.69) is 29.4 Å².